The molecule has 12 heteroatoms. The number of likely N-dealkylation sites (tertiary alicyclic amines) is 2. The quantitative estimate of drug-likeness (QED) is 0.0754. The molecule has 78 heavy (non-hydrogen) atoms. The molecule has 2 N–H and O–H groups in total. The molecule has 4 aromatic carbocycles. The van der Waals surface area contributed by atoms with Crippen molar-refractivity contribution < 1.29 is 28.8 Å². The van der Waals surface area contributed by atoms with Crippen molar-refractivity contribution in [3.8, 4) is 0 Å². The summed E-state index contributed by atoms with van der Waals surface area (Å²) in [5.74, 6) is -0.395. The van der Waals surface area contributed by atoms with Gasteiger partial charge in [-0.05, 0) is 155 Å². The minimum absolute atomic E-state index is 0.00982. The average molecular weight is 1060 g/mol. The Balaban J connectivity index is 1.03. The van der Waals surface area contributed by atoms with Crippen LogP contribution in [0.3, 0.4) is 0 Å². The Morgan fingerprint density at radius 1 is 0.564 bits per heavy atom. The molecule has 6 atom stereocenters. The van der Waals surface area contributed by atoms with E-state index in [4.69, 9.17) is 0 Å². The maximum absolute atomic E-state index is 15.0. The van der Waals surface area contributed by atoms with Crippen molar-refractivity contribution in [1.82, 2.24) is 30.2 Å². The first-order valence-electron chi connectivity index (χ1n) is 30.2. The summed E-state index contributed by atoms with van der Waals surface area (Å²) in [7, 11) is 1.79. The molecule has 8 rings (SSSR count). The smallest absolute Gasteiger partial charge is 0.253 e. The van der Waals surface area contributed by atoms with Crippen LogP contribution >= 0.6 is 0 Å². The first kappa shape index (κ1) is 58.3. The molecule has 2 aliphatic heterocycles. The number of piperidine rings is 2. The Kier molecular flexibility index (Phi) is 21.5. The van der Waals surface area contributed by atoms with Crippen LogP contribution in [0, 0.1) is 23.7 Å². The number of likely N-dealkylation sites (N-methyl/N-ethyl adjacent to an activating group) is 1. The lowest BCUT2D eigenvalue weighted by molar-refractivity contribution is -0.144. The molecular formula is C66H90N6O6. The molecule has 0 aromatic heterocycles. The molecule has 2 aliphatic carbocycles. The lowest BCUT2D eigenvalue weighted by Crippen LogP contribution is -2.59. The number of amides is 5. The number of Topliss-reactive ketones (excluding diaryl/α,β-unsaturated/α-hetero) is 1. The lowest BCUT2D eigenvalue weighted by Gasteiger charge is -2.42. The maximum Gasteiger partial charge on any atom is 0.253 e. The zero-order valence-electron chi connectivity index (χ0n) is 47.5. The molecule has 0 bridgehead atoms. The number of carbonyl (C=O) groups is 6. The van der Waals surface area contributed by atoms with Crippen molar-refractivity contribution in [3.63, 3.8) is 0 Å². The van der Waals surface area contributed by atoms with Crippen molar-refractivity contribution in [2.75, 3.05) is 46.3 Å². The summed E-state index contributed by atoms with van der Waals surface area (Å²) < 4.78 is 0. The zero-order chi connectivity index (χ0) is 55.0. The Hall–Kier alpha value is -5.88. The van der Waals surface area contributed by atoms with E-state index in [1.807, 2.05) is 113 Å². The van der Waals surface area contributed by atoms with Crippen LogP contribution in [0.25, 0.3) is 10.8 Å². The third-order valence-corrected chi connectivity index (χ3v) is 18.2. The van der Waals surface area contributed by atoms with Gasteiger partial charge in [-0.1, -0.05) is 125 Å². The Morgan fingerprint density at radius 3 is 1.50 bits per heavy atom. The fraction of sp³-hybridized carbons (Fsp3) is 0.576. The highest BCUT2D eigenvalue weighted by Crippen LogP contribution is 2.36. The monoisotopic (exact) mass is 1060 g/mol. The Morgan fingerprint density at radius 2 is 1.03 bits per heavy atom. The summed E-state index contributed by atoms with van der Waals surface area (Å²) in [6.45, 7) is 8.77. The van der Waals surface area contributed by atoms with E-state index in [1.165, 1.54) is 6.42 Å². The van der Waals surface area contributed by atoms with Crippen molar-refractivity contribution in [2.45, 2.75) is 173 Å². The molecule has 2 heterocycles. The summed E-state index contributed by atoms with van der Waals surface area (Å²) >= 11 is 0. The van der Waals surface area contributed by atoms with Gasteiger partial charge in [0.2, 0.25) is 17.7 Å². The molecule has 2 saturated carbocycles. The highest BCUT2D eigenvalue weighted by Gasteiger charge is 2.41. The van der Waals surface area contributed by atoms with Gasteiger partial charge in [-0.25, -0.2) is 0 Å². The largest absolute Gasteiger partial charge is 0.344 e. The lowest BCUT2D eigenvalue weighted by atomic mass is 9.76. The molecule has 0 unspecified atom stereocenters. The molecule has 5 amide bonds. The molecule has 420 valence electrons. The molecule has 2 saturated heterocycles. The maximum atomic E-state index is 15.0. The molecule has 12 nitrogen and oxygen atoms in total. The minimum atomic E-state index is -0.570. The van der Waals surface area contributed by atoms with Crippen molar-refractivity contribution in [3.05, 3.63) is 119 Å². The number of fused-ring (bicyclic) bond motifs is 1. The van der Waals surface area contributed by atoms with Gasteiger partial charge in [-0.15, -0.1) is 0 Å². The van der Waals surface area contributed by atoms with Crippen LogP contribution in [0.1, 0.15) is 168 Å². The first-order valence-corrected chi connectivity index (χ1v) is 30.2. The first-order chi connectivity index (χ1) is 37.9. The van der Waals surface area contributed by atoms with Crippen LogP contribution in [-0.4, -0.2) is 125 Å². The van der Waals surface area contributed by atoms with Gasteiger partial charge in [0.25, 0.3) is 11.8 Å². The number of rotatable bonds is 23. The summed E-state index contributed by atoms with van der Waals surface area (Å²) in [6, 6.07) is 30.6. The van der Waals surface area contributed by atoms with Gasteiger partial charge in [0.05, 0.1) is 6.04 Å². The molecule has 4 aliphatic rings. The van der Waals surface area contributed by atoms with Crippen LogP contribution in [-0.2, 0) is 32.0 Å². The van der Waals surface area contributed by atoms with Gasteiger partial charge in [0.1, 0.15) is 11.8 Å². The third kappa shape index (κ3) is 15.3. The second-order valence-corrected chi connectivity index (χ2v) is 23.5. The Labute approximate surface area is 465 Å². The van der Waals surface area contributed by atoms with Gasteiger partial charge in [-0.3, -0.25) is 28.8 Å². The fourth-order valence-corrected chi connectivity index (χ4v) is 13.0. The van der Waals surface area contributed by atoms with E-state index in [-0.39, 0.29) is 83.5 Å². The highest BCUT2D eigenvalue weighted by molar-refractivity contribution is 6.02. The summed E-state index contributed by atoms with van der Waals surface area (Å²) in [5.41, 5.74) is 3.35. The Bertz CT molecular complexity index is 2440. The van der Waals surface area contributed by atoms with Gasteiger partial charge >= 0.3 is 0 Å². The van der Waals surface area contributed by atoms with Gasteiger partial charge < -0.3 is 30.2 Å². The van der Waals surface area contributed by atoms with E-state index in [9.17, 15) is 24.0 Å². The number of nitrogens with one attached hydrogen (secondary N) is 2. The van der Waals surface area contributed by atoms with Gasteiger partial charge in [-0.2, -0.15) is 0 Å². The summed E-state index contributed by atoms with van der Waals surface area (Å²) in [4.78, 5) is 94.6. The number of hydrogen-bond donors (Lipinski definition) is 2. The summed E-state index contributed by atoms with van der Waals surface area (Å²) in [6.07, 6.45) is 17.9. The van der Waals surface area contributed by atoms with Crippen LogP contribution in [0.4, 0.5) is 0 Å². The van der Waals surface area contributed by atoms with Crippen molar-refractivity contribution >= 4 is 46.1 Å². The second-order valence-electron chi connectivity index (χ2n) is 23.5. The third-order valence-electron chi connectivity index (χ3n) is 18.2. The van der Waals surface area contributed by atoms with Gasteiger partial charge in [0, 0.05) is 80.7 Å². The second kappa shape index (κ2) is 28.8. The van der Waals surface area contributed by atoms with Crippen LogP contribution < -0.4 is 10.6 Å². The van der Waals surface area contributed by atoms with E-state index in [2.05, 4.69) is 34.9 Å². The summed E-state index contributed by atoms with van der Waals surface area (Å²) in [5, 5.41) is 8.02. The SMILES string of the molecule is CC[C@@H](C)C(=O)N[C@H](C(=O)N1CCCC[C@H]1CN(CCc1ccccc1)C(=O)c1ccc2cc(C(=O)N(CCc3ccccc3)C[C@@H]3CCCCN3C(=O)[C@@H](CC(=O)[C@H](C)NC)C3CCCCC3)ccc2c1)C1CCCCC1. The van der Waals surface area contributed by atoms with Crippen molar-refractivity contribution in [2.24, 2.45) is 23.7 Å². The fourth-order valence-electron chi connectivity index (χ4n) is 13.0. The van der Waals surface area contributed by atoms with E-state index < -0.39 is 6.04 Å². The molecule has 0 spiro atoms. The number of carbonyl (C=O) groups excluding carboxylic acids is 6. The topological polar surface area (TPSA) is 139 Å². The van der Waals surface area contributed by atoms with E-state index in [0.717, 1.165) is 118 Å². The number of benzene rings is 4. The highest BCUT2D eigenvalue weighted by atomic mass is 16.2. The van der Waals surface area contributed by atoms with Crippen molar-refractivity contribution in [1.29, 1.82) is 0 Å². The number of ketones is 1. The van der Waals surface area contributed by atoms with Crippen LogP contribution in [0.15, 0.2) is 97.1 Å². The van der Waals surface area contributed by atoms with Crippen LogP contribution in [0.5, 0.6) is 0 Å². The number of hydrogen-bond acceptors (Lipinski definition) is 7. The minimum Gasteiger partial charge on any atom is -0.344 e. The zero-order valence-corrected chi connectivity index (χ0v) is 47.5. The molecule has 4 aromatic rings. The van der Waals surface area contributed by atoms with Gasteiger partial charge in [0.15, 0.2) is 0 Å². The average Bonchev–Trinajstić information content (AvgIpc) is 3.52. The molecule has 0 radical (unpaired) electrons. The van der Waals surface area contributed by atoms with E-state index >= 15 is 4.79 Å². The van der Waals surface area contributed by atoms with Crippen LogP contribution in [0.2, 0.25) is 0 Å². The standard InChI is InChI=1S/C66H90N6O6/c1-5-47(2)62(74)68-61(52-28-16-9-17-29-52)66(78)72-39-21-19-31-58(72)46-70(41-37-50-24-12-7-13-25-50)64(76)56-35-33-53-42-55(34-32-54(53)43-56)63(75)69(40-36-49-22-10-6-11-23-49)45-57-30-18-20-38-71(57)65(77)59(44-60(73)48(3)67-4)51-26-14-8-15-27-51/h6-7,10-13,22-25,32-35,42-43,47-48,51-52,57-59,61,67H,5,8-9,14-21,26-31,36-41,44-46H2,1-4H3,(H,68,74)/t47-,48+,57+,58+,59+,61+/m1/s1. The number of nitrogens with zero attached hydrogens (tertiary/aromatic N) is 4. The molecule has 4 fully saturated rings. The molecular weight excluding hydrogens is 973 g/mol. The van der Waals surface area contributed by atoms with E-state index in [0.29, 0.717) is 69.7 Å². The normalized spacial score (nSPS) is 20.1. The predicted molar refractivity (Wildman–Crippen MR) is 311 cm³/mol. The van der Waals surface area contributed by atoms with E-state index in [1.54, 1.807) is 7.05 Å². The predicted octanol–water partition coefficient (Wildman–Crippen LogP) is 10.8.